The third-order valence-electron chi connectivity index (χ3n) is 3.66. The second kappa shape index (κ2) is 7.76. The molecule has 0 saturated carbocycles. The van der Waals surface area contributed by atoms with Gasteiger partial charge in [0.05, 0.1) is 23.6 Å². The summed E-state index contributed by atoms with van der Waals surface area (Å²) in [6, 6.07) is 11.3. The number of benzene rings is 2. The Hall–Kier alpha value is -2.25. The van der Waals surface area contributed by atoms with E-state index in [1.165, 1.54) is 20.2 Å². The Balaban J connectivity index is 2.23. The molecule has 2 aromatic carbocycles. The van der Waals surface area contributed by atoms with Crippen molar-refractivity contribution in [2.75, 3.05) is 29.5 Å². The van der Waals surface area contributed by atoms with Crippen molar-refractivity contribution in [2.24, 2.45) is 0 Å². The molecule has 0 fully saturated rings. The minimum Gasteiger partial charge on any atom is -0.495 e. The van der Waals surface area contributed by atoms with Crippen LogP contribution in [-0.2, 0) is 10.0 Å². The lowest BCUT2D eigenvalue weighted by Gasteiger charge is -2.19. The maximum atomic E-state index is 12.4. The van der Waals surface area contributed by atoms with E-state index >= 15 is 0 Å². The van der Waals surface area contributed by atoms with Gasteiger partial charge in [0, 0.05) is 18.3 Å². The number of ether oxygens (including phenoxy) is 1. The molecule has 0 atom stereocenters. The Kier molecular flexibility index (Phi) is 5.92. The van der Waals surface area contributed by atoms with Crippen LogP contribution in [0.4, 0.5) is 11.4 Å². The van der Waals surface area contributed by atoms with Crippen LogP contribution in [0.1, 0.15) is 17.3 Å². The van der Waals surface area contributed by atoms with Crippen LogP contribution in [0.2, 0.25) is 5.02 Å². The third-order valence-corrected chi connectivity index (χ3v) is 5.73. The SMILES string of the molecule is CCS(=O)(=O)N(C)c1cccc(C(=O)Nc2ccc(OC)c(Cl)c2)c1. The lowest BCUT2D eigenvalue weighted by molar-refractivity contribution is 0.102. The molecular formula is C17H19ClN2O4S. The third kappa shape index (κ3) is 4.43. The van der Waals surface area contributed by atoms with Crippen molar-refractivity contribution in [3.05, 3.63) is 53.1 Å². The van der Waals surface area contributed by atoms with E-state index in [9.17, 15) is 13.2 Å². The van der Waals surface area contributed by atoms with Gasteiger partial charge in [-0.3, -0.25) is 9.10 Å². The van der Waals surface area contributed by atoms with Crippen LogP contribution in [0.3, 0.4) is 0 Å². The second-order valence-corrected chi connectivity index (χ2v) is 7.92. The maximum Gasteiger partial charge on any atom is 0.255 e. The molecular weight excluding hydrogens is 364 g/mol. The smallest absolute Gasteiger partial charge is 0.255 e. The summed E-state index contributed by atoms with van der Waals surface area (Å²) < 4.78 is 30.2. The molecule has 0 saturated heterocycles. The van der Waals surface area contributed by atoms with Crippen LogP contribution in [0.15, 0.2) is 42.5 Å². The number of carbonyl (C=O) groups excluding carboxylic acids is 1. The Morgan fingerprint density at radius 3 is 2.56 bits per heavy atom. The van der Waals surface area contributed by atoms with Crippen LogP contribution in [0.25, 0.3) is 0 Å². The normalized spacial score (nSPS) is 11.0. The van der Waals surface area contributed by atoms with E-state index in [4.69, 9.17) is 16.3 Å². The molecule has 0 spiro atoms. The van der Waals surface area contributed by atoms with E-state index < -0.39 is 10.0 Å². The molecule has 0 unspecified atom stereocenters. The number of rotatable bonds is 6. The lowest BCUT2D eigenvalue weighted by atomic mass is 10.2. The van der Waals surface area contributed by atoms with Gasteiger partial charge in [0.25, 0.3) is 5.91 Å². The average molecular weight is 383 g/mol. The summed E-state index contributed by atoms with van der Waals surface area (Å²) in [5.74, 6) is 0.114. The molecule has 0 aliphatic rings. The summed E-state index contributed by atoms with van der Waals surface area (Å²) in [5.41, 5.74) is 1.26. The van der Waals surface area contributed by atoms with Gasteiger partial charge in [-0.15, -0.1) is 0 Å². The summed E-state index contributed by atoms with van der Waals surface area (Å²) in [7, 11) is -0.432. The quantitative estimate of drug-likeness (QED) is 0.830. The number of halogens is 1. The number of methoxy groups -OCH3 is 1. The first-order valence-corrected chi connectivity index (χ1v) is 9.48. The van der Waals surface area contributed by atoms with Gasteiger partial charge in [-0.05, 0) is 43.3 Å². The van der Waals surface area contributed by atoms with Gasteiger partial charge < -0.3 is 10.1 Å². The van der Waals surface area contributed by atoms with Gasteiger partial charge in [0.2, 0.25) is 10.0 Å². The fraction of sp³-hybridized carbons (Fsp3) is 0.235. The number of amides is 1. The molecule has 0 aliphatic carbocycles. The molecule has 25 heavy (non-hydrogen) atoms. The lowest BCUT2D eigenvalue weighted by Crippen LogP contribution is -2.28. The summed E-state index contributed by atoms with van der Waals surface area (Å²) in [6.45, 7) is 1.57. The van der Waals surface area contributed by atoms with Crippen molar-refractivity contribution in [1.82, 2.24) is 0 Å². The Bertz CT molecular complexity index is 884. The maximum absolute atomic E-state index is 12.4. The zero-order valence-electron chi connectivity index (χ0n) is 14.1. The van der Waals surface area contributed by atoms with Gasteiger partial charge in [0.1, 0.15) is 5.75 Å². The average Bonchev–Trinajstić information content (AvgIpc) is 2.61. The second-order valence-electron chi connectivity index (χ2n) is 5.22. The van der Waals surface area contributed by atoms with Gasteiger partial charge in [-0.25, -0.2) is 8.42 Å². The summed E-state index contributed by atoms with van der Waals surface area (Å²) in [6.07, 6.45) is 0. The van der Waals surface area contributed by atoms with Crippen LogP contribution < -0.4 is 14.4 Å². The molecule has 8 heteroatoms. The molecule has 0 aromatic heterocycles. The molecule has 2 rings (SSSR count). The highest BCUT2D eigenvalue weighted by Gasteiger charge is 2.17. The van der Waals surface area contributed by atoms with Gasteiger partial charge >= 0.3 is 0 Å². The Morgan fingerprint density at radius 1 is 1.24 bits per heavy atom. The van der Waals surface area contributed by atoms with Crippen molar-refractivity contribution in [3.8, 4) is 5.75 Å². The monoisotopic (exact) mass is 382 g/mol. The first kappa shape index (κ1) is 19.1. The topological polar surface area (TPSA) is 75.7 Å². The number of carbonyl (C=O) groups is 1. The highest BCUT2D eigenvalue weighted by Crippen LogP contribution is 2.27. The van der Waals surface area contributed by atoms with Crippen LogP contribution in [0.5, 0.6) is 5.75 Å². The van der Waals surface area contributed by atoms with Crippen LogP contribution in [-0.4, -0.2) is 34.2 Å². The van der Waals surface area contributed by atoms with Crippen molar-refractivity contribution < 1.29 is 17.9 Å². The summed E-state index contributed by atoms with van der Waals surface area (Å²) >= 11 is 6.04. The van der Waals surface area contributed by atoms with Gasteiger partial charge in [-0.1, -0.05) is 17.7 Å². The molecule has 6 nitrogen and oxygen atoms in total. The fourth-order valence-corrected chi connectivity index (χ4v) is 3.22. The predicted octanol–water partition coefficient (Wildman–Crippen LogP) is 3.39. The standard InChI is InChI=1S/C17H19ClN2O4S/c1-4-25(22,23)20(2)14-7-5-6-12(10-14)17(21)19-13-8-9-16(24-3)15(18)11-13/h5-11H,4H2,1-3H3,(H,19,21). The minimum absolute atomic E-state index is 0.0235. The summed E-state index contributed by atoms with van der Waals surface area (Å²) in [5, 5.41) is 3.10. The predicted molar refractivity (Wildman–Crippen MR) is 100 cm³/mol. The molecule has 0 heterocycles. The van der Waals surface area contributed by atoms with E-state index in [2.05, 4.69) is 5.32 Å². The van der Waals surface area contributed by atoms with E-state index in [0.29, 0.717) is 27.7 Å². The molecule has 2 aromatic rings. The molecule has 0 bridgehead atoms. The Labute approximate surface area is 152 Å². The van der Waals surface area contributed by atoms with E-state index in [1.54, 1.807) is 43.3 Å². The number of anilines is 2. The van der Waals surface area contributed by atoms with Gasteiger partial charge in [0.15, 0.2) is 0 Å². The van der Waals surface area contributed by atoms with Crippen LogP contribution >= 0.6 is 11.6 Å². The number of nitrogens with one attached hydrogen (secondary N) is 1. The summed E-state index contributed by atoms with van der Waals surface area (Å²) in [4.78, 5) is 12.4. The number of nitrogens with zero attached hydrogens (tertiary/aromatic N) is 1. The fourth-order valence-electron chi connectivity index (χ4n) is 2.14. The zero-order valence-corrected chi connectivity index (χ0v) is 15.7. The Morgan fingerprint density at radius 2 is 1.96 bits per heavy atom. The first-order chi connectivity index (χ1) is 11.8. The number of hydrogen-bond acceptors (Lipinski definition) is 4. The molecule has 1 N–H and O–H groups in total. The molecule has 0 radical (unpaired) electrons. The molecule has 0 aliphatic heterocycles. The largest absolute Gasteiger partial charge is 0.495 e. The highest BCUT2D eigenvalue weighted by atomic mass is 35.5. The van der Waals surface area contributed by atoms with E-state index in [1.807, 2.05) is 0 Å². The zero-order chi connectivity index (χ0) is 18.6. The number of hydrogen-bond donors (Lipinski definition) is 1. The molecule has 1 amide bonds. The van der Waals surface area contributed by atoms with E-state index in [-0.39, 0.29) is 11.7 Å². The highest BCUT2D eigenvalue weighted by molar-refractivity contribution is 7.92. The first-order valence-electron chi connectivity index (χ1n) is 7.50. The molecule has 134 valence electrons. The van der Waals surface area contributed by atoms with Crippen molar-refractivity contribution >= 4 is 38.9 Å². The van der Waals surface area contributed by atoms with E-state index in [0.717, 1.165) is 4.31 Å². The van der Waals surface area contributed by atoms with Crippen molar-refractivity contribution in [1.29, 1.82) is 0 Å². The number of sulfonamides is 1. The van der Waals surface area contributed by atoms with Crippen molar-refractivity contribution in [2.45, 2.75) is 6.92 Å². The van der Waals surface area contributed by atoms with Gasteiger partial charge in [-0.2, -0.15) is 0 Å². The van der Waals surface area contributed by atoms with Crippen LogP contribution in [0, 0.1) is 0 Å². The van der Waals surface area contributed by atoms with Crippen molar-refractivity contribution in [3.63, 3.8) is 0 Å². The minimum atomic E-state index is -3.40.